The van der Waals surface area contributed by atoms with Crippen molar-refractivity contribution in [1.82, 2.24) is 0 Å². The summed E-state index contributed by atoms with van der Waals surface area (Å²) < 4.78 is 34.8. The normalized spacial score (nSPS) is 13.1. The first kappa shape index (κ1) is 32.8. The number of fused-ring (bicyclic) bond motifs is 3. The van der Waals surface area contributed by atoms with Crippen LogP contribution in [0.4, 0.5) is 0 Å². The molecule has 5 aromatic carbocycles. The number of carbonyl (C=O) groups excluding carboxylic acids is 1. The van der Waals surface area contributed by atoms with E-state index in [0.717, 1.165) is 44.5 Å². The van der Waals surface area contributed by atoms with Gasteiger partial charge >= 0.3 is 5.97 Å². The lowest BCUT2D eigenvalue weighted by Crippen LogP contribution is -2.35. The molecule has 0 saturated carbocycles. The number of methoxy groups -OCH3 is 2. The van der Waals surface area contributed by atoms with Crippen LogP contribution in [0.3, 0.4) is 0 Å². The molecule has 0 amide bonds. The molecular formula is C40H38O8. The largest absolute Gasteiger partial charge is 0.497 e. The van der Waals surface area contributed by atoms with Gasteiger partial charge in [0.15, 0.2) is 5.60 Å². The van der Waals surface area contributed by atoms with E-state index in [9.17, 15) is 4.79 Å². The van der Waals surface area contributed by atoms with Crippen LogP contribution in [-0.4, -0.2) is 64.9 Å². The molecule has 0 atom stereocenters. The first-order chi connectivity index (χ1) is 23.6. The van der Waals surface area contributed by atoms with Crippen LogP contribution in [0, 0.1) is 0 Å². The van der Waals surface area contributed by atoms with Crippen molar-refractivity contribution in [3.8, 4) is 28.4 Å². The lowest BCUT2D eigenvalue weighted by atomic mass is 9.81. The van der Waals surface area contributed by atoms with Crippen LogP contribution < -0.4 is 14.2 Å². The van der Waals surface area contributed by atoms with E-state index in [1.807, 2.05) is 115 Å². The van der Waals surface area contributed by atoms with Crippen molar-refractivity contribution >= 4 is 22.8 Å². The molecule has 0 spiro atoms. The zero-order chi connectivity index (χ0) is 33.3. The molecule has 246 valence electrons. The van der Waals surface area contributed by atoms with E-state index in [-0.39, 0.29) is 26.4 Å². The van der Waals surface area contributed by atoms with E-state index in [4.69, 9.17) is 33.5 Å². The first-order valence-electron chi connectivity index (χ1n) is 15.8. The molecule has 0 unspecified atom stereocenters. The zero-order valence-electron chi connectivity index (χ0n) is 27.0. The van der Waals surface area contributed by atoms with E-state index in [1.54, 1.807) is 14.2 Å². The van der Waals surface area contributed by atoms with E-state index in [0.29, 0.717) is 30.1 Å². The molecule has 1 heterocycles. The van der Waals surface area contributed by atoms with Gasteiger partial charge in [0.25, 0.3) is 0 Å². The summed E-state index contributed by atoms with van der Waals surface area (Å²) in [7, 11) is 3.27. The highest BCUT2D eigenvalue weighted by molar-refractivity contribution is 6.14. The Balaban J connectivity index is 1.47. The number of aliphatic hydroxyl groups excluding tert-OH is 1. The van der Waals surface area contributed by atoms with Crippen LogP contribution in [0.1, 0.15) is 27.0 Å². The molecule has 8 heteroatoms. The Kier molecular flexibility index (Phi) is 10.4. The third kappa shape index (κ3) is 6.64. The van der Waals surface area contributed by atoms with Crippen molar-refractivity contribution in [3.05, 3.63) is 131 Å². The van der Waals surface area contributed by atoms with E-state index >= 15 is 0 Å². The molecule has 0 bridgehead atoms. The number of hydrogen-bond donors (Lipinski definition) is 1. The van der Waals surface area contributed by atoms with E-state index in [1.165, 1.54) is 0 Å². The van der Waals surface area contributed by atoms with Crippen LogP contribution >= 0.6 is 0 Å². The van der Waals surface area contributed by atoms with Crippen molar-refractivity contribution < 1.29 is 38.3 Å². The minimum absolute atomic E-state index is 0.0447. The predicted octanol–water partition coefficient (Wildman–Crippen LogP) is 7.06. The Hall–Kier alpha value is -5.15. The van der Waals surface area contributed by atoms with Crippen LogP contribution in [0.2, 0.25) is 0 Å². The molecule has 0 fully saturated rings. The average molecular weight is 647 g/mol. The second-order valence-electron chi connectivity index (χ2n) is 11.1. The lowest BCUT2D eigenvalue weighted by molar-refractivity contribution is 0.00919. The first-order valence-corrected chi connectivity index (χ1v) is 15.8. The summed E-state index contributed by atoms with van der Waals surface area (Å²) in [6, 6.07) is 33.4. The topological polar surface area (TPSA) is 92.7 Å². The van der Waals surface area contributed by atoms with Crippen molar-refractivity contribution in [2.45, 2.75) is 5.60 Å². The molecule has 0 aromatic heterocycles. The van der Waals surface area contributed by atoms with E-state index in [2.05, 4.69) is 0 Å². The predicted molar refractivity (Wildman–Crippen MR) is 185 cm³/mol. The number of esters is 1. The Morgan fingerprint density at radius 3 is 1.85 bits per heavy atom. The molecule has 0 saturated heterocycles. The highest BCUT2D eigenvalue weighted by atomic mass is 16.6. The minimum Gasteiger partial charge on any atom is -0.497 e. The summed E-state index contributed by atoms with van der Waals surface area (Å²) in [5, 5.41) is 10.6. The summed E-state index contributed by atoms with van der Waals surface area (Å²) in [5.41, 5.74) is 3.44. The number of hydrogen-bond acceptors (Lipinski definition) is 8. The van der Waals surface area contributed by atoms with Gasteiger partial charge in [0, 0.05) is 27.6 Å². The second-order valence-corrected chi connectivity index (χ2v) is 11.1. The maximum Gasteiger partial charge on any atom is 0.339 e. The molecule has 1 N–H and O–H groups in total. The minimum atomic E-state index is -1.03. The quantitative estimate of drug-likeness (QED) is 0.101. The Morgan fingerprint density at radius 2 is 1.25 bits per heavy atom. The maximum absolute atomic E-state index is 14.1. The van der Waals surface area contributed by atoms with Gasteiger partial charge in [-0.05, 0) is 47.4 Å². The Morgan fingerprint density at radius 1 is 0.688 bits per heavy atom. The number of rotatable bonds is 14. The number of aliphatic hydroxyl groups is 1. The van der Waals surface area contributed by atoms with Crippen LogP contribution in [0.25, 0.3) is 28.0 Å². The highest BCUT2D eigenvalue weighted by Crippen LogP contribution is 2.49. The SMILES string of the molecule is COc1ccc(C2(c3ccc(OC)cc3)C=Cc3c(C(=O)OCCOCCOCCO)c(-c4ccccc4)c4ccccc4c3O2)cc1. The van der Waals surface area contributed by atoms with Gasteiger partial charge in [0.05, 0.1) is 52.8 Å². The second kappa shape index (κ2) is 15.2. The van der Waals surface area contributed by atoms with Gasteiger partial charge < -0.3 is 33.5 Å². The summed E-state index contributed by atoms with van der Waals surface area (Å²) in [4.78, 5) is 14.1. The molecule has 1 aliphatic rings. The average Bonchev–Trinajstić information content (AvgIpc) is 3.15. The highest BCUT2D eigenvalue weighted by Gasteiger charge is 2.40. The molecular weight excluding hydrogens is 608 g/mol. The van der Waals surface area contributed by atoms with Crippen molar-refractivity contribution in [2.24, 2.45) is 0 Å². The van der Waals surface area contributed by atoms with Crippen molar-refractivity contribution in [2.75, 3.05) is 53.9 Å². The van der Waals surface area contributed by atoms with E-state index < -0.39 is 11.6 Å². The van der Waals surface area contributed by atoms with Crippen molar-refractivity contribution in [1.29, 1.82) is 0 Å². The molecule has 8 nitrogen and oxygen atoms in total. The monoisotopic (exact) mass is 646 g/mol. The lowest BCUT2D eigenvalue weighted by Gasteiger charge is -2.37. The van der Waals surface area contributed by atoms with Gasteiger partial charge in [-0.2, -0.15) is 0 Å². The standard InChI is InChI=1S/C40H38O8/c1-43-31-16-12-29(13-17-31)40(30-14-18-32(44-2)19-15-30)21-20-35-37(39(42)47-27-26-46-25-24-45-23-22-41)36(28-8-4-3-5-9-28)33-10-6-7-11-34(33)38(35)48-40/h3-21,41H,22-27H2,1-2H3. The third-order valence-electron chi connectivity index (χ3n) is 8.33. The van der Waals surface area contributed by atoms with Gasteiger partial charge in [-0.3, -0.25) is 0 Å². The maximum atomic E-state index is 14.1. The van der Waals surface area contributed by atoms with Gasteiger partial charge in [-0.15, -0.1) is 0 Å². The van der Waals surface area contributed by atoms with Crippen LogP contribution in [-0.2, 0) is 19.8 Å². The van der Waals surface area contributed by atoms with Gasteiger partial charge in [0.1, 0.15) is 23.9 Å². The zero-order valence-corrected chi connectivity index (χ0v) is 27.0. The Bertz CT molecular complexity index is 1820. The summed E-state index contributed by atoms with van der Waals surface area (Å²) in [6.07, 6.45) is 3.96. The van der Waals surface area contributed by atoms with Gasteiger partial charge in [-0.1, -0.05) is 78.9 Å². The number of carbonyl (C=O) groups is 1. The van der Waals surface area contributed by atoms with Crippen LogP contribution in [0.5, 0.6) is 17.2 Å². The number of ether oxygens (including phenoxy) is 6. The smallest absolute Gasteiger partial charge is 0.339 e. The van der Waals surface area contributed by atoms with Gasteiger partial charge in [0.2, 0.25) is 0 Å². The fourth-order valence-corrected chi connectivity index (χ4v) is 6.01. The summed E-state index contributed by atoms with van der Waals surface area (Å²) in [6.45, 7) is 1.14. The van der Waals surface area contributed by atoms with Crippen molar-refractivity contribution in [3.63, 3.8) is 0 Å². The molecule has 1 aliphatic heterocycles. The number of benzene rings is 5. The Labute approximate surface area is 280 Å². The third-order valence-corrected chi connectivity index (χ3v) is 8.33. The van der Waals surface area contributed by atoms with Gasteiger partial charge in [-0.25, -0.2) is 4.79 Å². The molecule has 48 heavy (non-hydrogen) atoms. The molecule has 0 aliphatic carbocycles. The summed E-state index contributed by atoms with van der Waals surface area (Å²) in [5.74, 6) is 1.55. The summed E-state index contributed by atoms with van der Waals surface area (Å²) >= 11 is 0. The fraction of sp³-hybridized carbons (Fsp3) is 0.225. The molecule has 0 radical (unpaired) electrons. The van der Waals surface area contributed by atoms with Crippen LogP contribution in [0.15, 0.2) is 109 Å². The fourth-order valence-electron chi connectivity index (χ4n) is 6.01. The molecule has 6 rings (SSSR count). The molecule has 5 aromatic rings.